The lowest BCUT2D eigenvalue weighted by atomic mass is 10.2. The van der Waals surface area contributed by atoms with Crippen LogP contribution >= 0.6 is 0 Å². The molecule has 0 aliphatic carbocycles. The molecule has 4 aromatic heterocycles. The molecule has 32 heavy (non-hydrogen) atoms. The predicted molar refractivity (Wildman–Crippen MR) is 127 cm³/mol. The van der Waals surface area contributed by atoms with Gasteiger partial charge < -0.3 is 11.5 Å². The van der Waals surface area contributed by atoms with Gasteiger partial charge >= 0.3 is 0 Å². The first-order valence-corrected chi connectivity index (χ1v) is 10.1. The molecule has 4 rings (SSSR count). The summed E-state index contributed by atoms with van der Waals surface area (Å²) in [6.45, 7) is 3.86. The highest BCUT2D eigenvalue weighted by Gasteiger charge is 2.07. The Kier molecular flexibility index (Phi) is 5.98. The highest BCUT2D eigenvalue weighted by atomic mass is 15.1. The maximum atomic E-state index is 6.25. The molecule has 0 saturated heterocycles. The normalized spacial score (nSPS) is 12.1. The van der Waals surface area contributed by atoms with Gasteiger partial charge in [0.25, 0.3) is 0 Å². The van der Waals surface area contributed by atoms with Crippen molar-refractivity contribution in [3.8, 4) is 22.8 Å². The summed E-state index contributed by atoms with van der Waals surface area (Å²) >= 11 is 0. The summed E-state index contributed by atoms with van der Waals surface area (Å²) in [7, 11) is 0. The molecule has 0 atom stereocenters. The molecule has 0 aromatic carbocycles. The van der Waals surface area contributed by atoms with Gasteiger partial charge in [-0.15, -0.1) is 10.2 Å². The summed E-state index contributed by atoms with van der Waals surface area (Å²) in [4.78, 5) is 13.5. The molecule has 0 aliphatic heterocycles. The molecule has 4 N–H and O–H groups in total. The first kappa shape index (κ1) is 20.9. The SMILES string of the molecule is Cc1cccc(/C(N)=C/C=C(\N)c2cccc(-c3ccc(-c4cccc(C)n4)nn3)n2)n1. The molecule has 0 bridgehead atoms. The number of hydrogen-bond acceptors (Lipinski definition) is 7. The van der Waals surface area contributed by atoms with E-state index in [1.807, 2.05) is 80.6 Å². The number of aryl methyl sites for hydroxylation is 2. The third-order valence-electron chi connectivity index (χ3n) is 4.75. The zero-order valence-electron chi connectivity index (χ0n) is 17.9. The van der Waals surface area contributed by atoms with Gasteiger partial charge in [-0.2, -0.15) is 0 Å². The molecule has 0 amide bonds. The topological polar surface area (TPSA) is 116 Å². The number of allylic oxidation sites excluding steroid dienone is 2. The maximum absolute atomic E-state index is 6.25. The zero-order valence-corrected chi connectivity index (χ0v) is 17.9. The number of aromatic nitrogens is 5. The van der Waals surface area contributed by atoms with Crippen LogP contribution in [0.15, 0.2) is 78.9 Å². The van der Waals surface area contributed by atoms with Crippen LogP contribution in [-0.4, -0.2) is 25.1 Å². The molecule has 0 fully saturated rings. The van der Waals surface area contributed by atoms with Crippen molar-refractivity contribution in [2.75, 3.05) is 0 Å². The predicted octanol–water partition coefficient (Wildman–Crippen LogP) is 3.91. The maximum Gasteiger partial charge on any atom is 0.111 e. The van der Waals surface area contributed by atoms with Crippen molar-refractivity contribution in [2.45, 2.75) is 13.8 Å². The van der Waals surface area contributed by atoms with Gasteiger partial charge in [0.2, 0.25) is 0 Å². The van der Waals surface area contributed by atoms with Crippen LogP contribution in [0.1, 0.15) is 22.8 Å². The molecule has 7 nitrogen and oxygen atoms in total. The van der Waals surface area contributed by atoms with E-state index in [1.54, 1.807) is 12.2 Å². The number of rotatable bonds is 5. The lowest BCUT2D eigenvalue weighted by Crippen LogP contribution is -2.02. The highest BCUT2D eigenvalue weighted by molar-refractivity contribution is 5.69. The fourth-order valence-electron chi connectivity index (χ4n) is 3.08. The lowest BCUT2D eigenvalue weighted by Gasteiger charge is -2.05. The second kappa shape index (κ2) is 9.18. The average Bonchev–Trinajstić information content (AvgIpc) is 2.82. The van der Waals surface area contributed by atoms with E-state index < -0.39 is 0 Å². The van der Waals surface area contributed by atoms with Gasteiger partial charge in [-0.1, -0.05) is 18.2 Å². The molecule has 0 spiro atoms. The van der Waals surface area contributed by atoms with E-state index in [4.69, 9.17) is 11.5 Å². The first-order chi connectivity index (χ1) is 15.5. The van der Waals surface area contributed by atoms with Crippen molar-refractivity contribution < 1.29 is 0 Å². The molecule has 4 heterocycles. The number of nitrogens with zero attached hydrogens (tertiary/aromatic N) is 5. The van der Waals surface area contributed by atoms with E-state index >= 15 is 0 Å². The number of pyridine rings is 3. The molecular weight excluding hydrogens is 398 g/mol. The minimum absolute atomic E-state index is 0.482. The zero-order chi connectivity index (χ0) is 22.5. The van der Waals surface area contributed by atoms with E-state index in [2.05, 4.69) is 25.1 Å². The van der Waals surface area contributed by atoms with Crippen molar-refractivity contribution in [3.63, 3.8) is 0 Å². The fraction of sp³-hybridized carbons (Fsp3) is 0.0800. The highest BCUT2D eigenvalue weighted by Crippen LogP contribution is 2.20. The van der Waals surface area contributed by atoms with E-state index in [0.717, 1.165) is 17.1 Å². The molecule has 0 radical (unpaired) electrons. The molecule has 0 unspecified atom stereocenters. The summed E-state index contributed by atoms with van der Waals surface area (Å²) < 4.78 is 0. The first-order valence-electron chi connectivity index (χ1n) is 10.1. The van der Waals surface area contributed by atoms with Gasteiger partial charge in [-0.3, -0.25) is 9.97 Å². The summed E-state index contributed by atoms with van der Waals surface area (Å²) in [5, 5.41) is 8.63. The van der Waals surface area contributed by atoms with Crippen molar-refractivity contribution in [2.24, 2.45) is 11.5 Å². The monoisotopic (exact) mass is 421 g/mol. The third kappa shape index (κ3) is 4.84. The van der Waals surface area contributed by atoms with Crippen LogP contribution in [0.25, 0.3) is 34.2 Å². The fourth-order valence-corrected chi connectivity index (χ4v) is 3.08. The second-order valence-corrected chi connectivity index (χ2v) is 7.28. The van der Waals surface area contributed by atoms with E-state index in [0.29, 0.717) is 39.9 Å². The largest absolute Gasteiger partial charge is 0.397 e. The van der Waals surface area contributed by atoms with Gasteiger partial charge in [0, 0.05) is 11.4 Å². The van der Waals surface area contributed by atoms with Crippen molar-refractivity contribution in [1.29, 1.82) is 0 Å². The van der Waals surface area contributed by atoms with E-state index in [1.165, 1.54) is 0 Å². The summed E-state index contributed by atoms with van der Waals surface area (Å²) in [6.07, 6.45) is 3.46. The van der Waals surface area contributed by atoms with Gasteiger partial charge in [0.1, 0.15) is 11.4 Å². The van der Waals surface area contributed by atoms with E-state index in [-0.39, 0.29) is 0 Å². The number of hydrogen-bond donors (Lipinski definition) is 2. The minimum Gasteiger partial charge on any atom is -0.397 e. The number of nitrogens with two attached hydrogens (primary N) is 2. The Morgan fingerprint density at radius 1 is 0.562 bits per heavy atom. The van der Waals surface area contributed by atoms with Crippen LogP contribution in [0.2, 0.25) is 0 Å². The molecular formula is C25H23N7. The van der Waals surface area contributed by atoms with Crippen molar-refractivity contribution in [1.82, 2.24) is 25.1 Å². The molecule has 4 aromatic rings. The Hall–Kier alpha value is -4.39. The molecule has 0 aliphatic rings. The Balaban J connectivity index is 1.56. The Labute approximate surface area is 186 Å². The molecule has 7 heteroatoms. The minimum atomic E-state index is 0.482. The lowest BCUT2D eigenvalue weighted by molar-refractivity contribution is 1.02. The van der Waals surface area contributed by atoms with Gasteiger partial charge in [-0.25, -0.2) is 4.98 Å². The summed E-state index contributed by atoms with van der Waals surface area (Å²) in [6, 6.07) is 20.8. The molecule has 158 valence electrons. The van der Waals surface area contributed by atoms with Crippen molar-refractivity contribution >= 4 is 11.4 Å². The van der Waals surface area contributed by atoms with E-state index in [9.17, 15) is 0 Å². The molecule has 0 saturated carbocycles. The average molecular weight is 422 g/mol. The third-order valence-corrected chi connectivity index (χ3v) is 4.75. The Bertz CT molecular complexity index is 1310. The van der Waals surface area contributed by atoms with Gasteiger partial charge in [0.05, 0.1) is 34.2 Å². The van der Waals surface area contributed by atoms with Crippen LogP contribution in [0.5, 0.6) is 0 Å². The Morgan fingerprint density at radius 2 is 1.03 bits per heavy atom. The van der Waals surface area contributed by atoms with Crippen LogP contribution in [0.3, 0.4) is 0 Å². The van der Waals surface area contributed by atoms with Gasteiger partial charge in [-0.05, 0) is 74.5 Å². The quantitative estimate of drug-likeness (QED) is 0.469. The summed E-state index contributed by atoms with van der Waals surface area (Å²) in [5.41, 5.74) is 19.4. The van der Waals surface area contributed by atoms with Crippen LogP contribution in [0.4, 0.5) is 0 Å². The van der Waals surface area contributed by atoms with Gasteiger partial charge in [0.15, 0.2) is 0 Å². The standard InChI is InChI=1S/C25H23N7/c1-16-6-3-8-20(28-16)18(26)12-13-19(27)21-9-5-11-23(30-21)25-15-14-24(31-32-25)22-10-4-7-17(2)29-22/h3-15H,26-27H2,1-2H3/b18-12-,19-13-. The van der Waals surface area contributed by atoms with Crippen LogP contribution in [-0.2, 0) is 0 Å². The van der Waals surface area contributed by atoms with Crippen LogP contribution < -0.4 is 11.5 Å². The van der Waals surface area contributed by atoms with Crippen LogP contribution in [0, 0.1) is 13.8 Å². The smallest absolute Gasteiger partial charge is 0.111 e. The second-order valence-electron chi connectivity index (χ2n) is 7.28. The Morgan fingerprint density at radius 3 is 1.56 bits per heavy atom. The van der Waals surface area contributed by atoms with Crippen molar-refractivity contribution in [3.05, 3.63) is 102 Å². The summed E-state index contributed by atoms with van der Waals surface area (Å²) in [5.74, 6) is 0.